The van der Waals surface area contributed by atoms with Gasteiger partial charge in [0.2, 0.25) is 5.95 Å². The number of fused-ring (bicyclic) bond motifs is 1. The quantitative estimate of drug-likeness (QED) is 0.844. The first-order valence-electron chi connectivity index (χ1n) is 7.45. The minimum Gasteiger partial charge on any atom is -0.388 e. The van der Waals surface area contributed by atoms with E-state index in [4.69, 9.17) is 0 Å². The summed E-state index contributed by atoms with van der Waals surface area (Å²) in [5.74, 6) is 0.594. The molecule has 1 aliphatic carbocycles. The number of aliphatic hydroxyl groups is 1. The van der Waals surface area contributed by atoms with Crippen LogP contribution >= 0.6 is 0 Å². The van der Waals surface area contributed by atoms with Gasteiger partial charge in [-0.1, -0.05) is 31.7 Å². The Bertz CT molecular complexity index is 585. The second-order valence-corrected chi connectivity index (χ2v) is 5.86. The lowest BCUT2D eigenvalue weighted by atomic mass is 9.95. The topological polar surface area (TPSA) is 62.5 Å². The Hall–Kier alpha value is -1.62. The van der Waals surface area contributed by atoms with Gasteiger partial charge in [-0.3, -0.25) is 0 Å². The van der Waals surface area contributed by atoms with Crippen molar-refractivity contribution in [1.82, 2.24) is 14.6 Å². The molecule has 1 saturated carbocycles. The summed E-state index contributed by atoms with van der Waals surface area (Å²) in [6.07, 6.45) is 6.41. The first kappa shape index (κ1) is 13.4. The van der Waals surface area contributed by atoms with E-state index in [9.17, 15) is 5.11 Å². The van der Waals surface area contributed by atoms with Crippen molar-refractivity contribution in [3.63, 3.8) is 0 Å². The summed E-state index contributed by atoms with van der Waals surface area (Å²) in [5.41, 5.74) is 1.28. The Balaban J connectivity index is 1.71. The summed E-state index contributed by atoms with van der Waals surface area (Å²) in [6.45, 7) is 2.53. The number of anilines is 1. The molecule has 0 aromatic carbocycles. The Morgan fingerprint density at radius 2 is 2.00 bits per heavy atom. The van der Waals surface area contributed by atoms with Gasteiger partial charge < -0.3 is 10.4 Å². The van der Waals surface area contributed by atoms with Crippen LogP contribution in [0.5, 0.6) is 0 Å². The van der Waals surface area contributed by atoms with Gasteiger partial charge in [-0.15, -0.1) is 5.10 Å². The molecule has 108 valence electrons. The maximum atomic E-state index is 10.6. The van der Waals surface area contributed by atoms with E-state index in [0.717, 1.165) is 37.0 Å². The van der Waals surface area contributed by atoms with Gasteiger partial charge in [0.1, 0.15) is 0 Å². The summed E-state index contributed by atoms with van der Waals surface area (Å²) < 4.78 is 1.82. The number of aryl methyl sites for hydroxylation is 1. The minimum atomic E-state index is -0.608. The zero-order valence-electron chi connectivity index (χ0n) is 12.0. The first-order valence-corrected chi connectivity index (χ1v) is 7.45. The molecule has 2 heterocycles. The lowest BCUT2D eigenvalue weighted by Gasteiger charge is -2.26. The molecule has 0 aliphatic heterocycles. The van der Waals surface area contributed by atoms with E-state index in [2.05, 4.69) is 15.4 Å². The number of hydrogen-bond donors (Lipinski definition) is 2. The Labute approximate surface area is 119 Å². The van der Waals surface area contributed by atoms with Gasteiger partial charge in [-0.2, -0.15) is 4.98 Å². The van der Waals surface area contributed by atoms with Gasteiger partial charge in [-0.05, 0) is 31.9 Å². The number of aromatic nitrogens is 3. The third-order valence-electron chi connectivity index (χ3n) is 4.16. The molecule has 5 nitrogen and oxygen atoms in total. The summed E-state index contributed by atoms with van der Waals surface area (Å²) in [6, 6.07) is 5.91. The average Bonchev–Trinajstić information content (AvgIpc) is 2.74. The summed E-state index contributed by atoms with van der Waals surface area (Å²) in [5, 5.41) is 18.3. The Morgan fingerprint density at radius 1 is 1.25 bits per heavy atom. The molecule has 0 unspecified atom stereocenters. The highest BCUT2D eigenvalue weighted by atomic mass is 16.3. The van der Waals surface area contributed by atoms with Gasteiger partial charge >= 0.3 is 0 Å². The molecule has 2 aromatic heterocycles. The predicted octanol–water partition coefficient (Wildman–Crippen LogP) is 2.53. The van der Waals surface area contributed by atoms with Crippen LogP contribution in [0.25, 0.3) is 5.65 Å². The van der Waals surface area contributed by atoms with E-state index in [1.54, 1.807) is 0 Å². The molecule has 1 fully saturated rings. The molecule has 2 N–H and O–H groups in total. The van der Waals surface area contributed by atoms with E-state index in [0.29, 0.717) is 12.5 Å². The van der Waals surface area contributed by atoms with E-state index in [-0.39, 0.29) is 0 Å². The van der Waals surface area contributed by atoms with Crippen molar-refractivity contribution in [2.75, 3.05) is 11.9 Å². The fourth-order valence-electron chi connectivity index (χ4n) is 2.92. The van der Waals surface area contributed by atoms with Crippen molar-refractivity contribution in [3.8, 4) is 0 Å². The Kier molecular flexibility index (Phi) is 3.61. The fourth-order valence-corrected chi connectivity index (χ4v) is 2.92. The van der Waals surface area contributed by atoms with Crippen LogP contribution in [-0.2, 0) is 0 Å². The second-order valence-electron chi connectivity index (χ2n) is 5.86. The maximum Gasteiger partial charge on any atom is 0.243 e. The molecule has 0 atom stereocenters. The number of nitrogens with one attached hydrogen (secondary N) is 1. The van der Waals surface area contributed by atoms with Crippen molar-refractivity contribution >= 4 is 11.6 Å². The highest BCUT2D eigenvalue weighted by Gasteiger charge is 2.28. The smallest absolute Gasteiger partial charge is 0.243 e. The monoisotopic (exact) mass is 274 g/mol. The zero-order chi connectivity index (χ0) is 14.0. The molecule has 0 bridgehead atoms. The van der Waals surface area contributed by atoms with E-state index in [1.807, 2.05) is 29.6 Å². The Morgan fingerprint density at radius 3 is 2.70 bits per heavy atom. The number of rotatable bonds is 3. The third-order valence-corrected chi connectivity index (χ3v) is 4.16. The molecule has 0 saturated heterocycles. The normalized spacial score (nSPS) is 18.9. The molecular weight excluding hydrogens is 252 g/mol. The highest BCUT2D eigenvalue weighted by molar-refractivity contribution is 5.44. The average molecular weight is 274 g/mol. The van der Waals surface area contributed by atoms with Crippen LogP contribution in [-0.4, -0.2) is 31.9 Å². The van der Waals surface area contributed by atoms with Crippen LogP contribution in [0, 0.1) is 6.92 Å². The molecule has 2 aromatic rings. The largest absolute Gasteiger partial charge is 0.388 e. The molecule has 1 aliphatic rings. The number of hydrogen-bond acceptors (Lipinski definition) is 4. The second kappa shape index (κ2) is 5.40. The van der Waals surface area contributed by atoms with Crippen molar-refractivity contribution < 1.29 is 5.11 Å². The lowest BCUT2D eigenvalue weighted by molar-refractivity contribution is 0.0380. The van der Waals surface area contributed by atoms with Crippen LogP contribution in [0.1, 0.15) is 44.2 Å². The van der Waals surface area contributed by atoms with Crippen LogP contribution < -0.4 is 5.32 Å². The standard InChI is InChI=1S/C15H22N4O/c1-12-7-6-8-13-17-14(18-19(12)13)16-11-15(20)9-4-2-3-5-10-15/h6-8,20H,2-5,9-11H2,1H3,(H,16,18). The molecule has 5 heteroatoms. The van der Waals surface area contributed by atoms with Crippen molar-refractivity contribution in [2.24, 2.45) is 0 Å². The van der Waals surface area contributed by atoms with E-state index >= 15 is 0 Å². The van der Waals surface area contributed by atoms with Gasteiger partial charge in [0.25, 0.3) is 0 Å². The number of pyridine rings is 1. The van der Waals surface area contributed by atoms with E-state index in [1.165, 1.54) is 12.8 Å². The molecule has 20 heavy (non-hydrogen) atoms. The zero-order valence-corrected chi connectivity index (χ0v) is 12.0. The number of nitrogens with zero attached hydrogens (tertiary/aromatic N) is 3. The minimum absolute atomic E-state index is 0.531. The highest BCUT2D eigenvalue weighted by Crippen LogP contribution is 2.27. The molecule has 0 amide bonds. The SMILES string of the molecule is Cc1cccc2nc(NCC3(O)CCCCCC3)nn12. The molecular formula is C15H22N4O. The van der Waals surface area contributed by atoms with Crippen molar-refractivity contribution in [2.45, 2.75) is 51.0 Å². The van der Waals surface area contributed by atoms with E-state index < -0.39 is 5.60 Å². The first-order chi connectivity index (χ1) is 9.66. The van der Waals surface area contributed by atoms with Crippen molar-refractivity contribution in [3.05, 3.63) is 23.9 Å². The van der Waals surface area contributed by atoms with Crippen LogP contribution in [0.2, 0.25) is 0 Å². The van der Waals surface area contributed by atoms with Crippen LogP contribution in [0.4, 0.5) is 5.95 Å². The summed E-state index contributed by atoms with van der Waals surface area (Å²) >= 11 is 0. The maximum absolute atomic E-state index is 10.6. The van der Waals surface area contributed by atoms with Crippen LogP contribution in [0.15, 0.2) is 18.2 Å². The third kappa shape index (κ3) is 2.77. The summed E-state index contributed by atoms with van der Waals surface area (Å²) in [4.78, 5) is 4.44. The molecule has 3 rings (SSSR count). The van der Waals surface area contributed by atoms with Gasteiger partial charge in [-0.25, -0.2) is 4.52 Å². The summed E-state index contributed by atoms with van der Waals surface area (Å²) in [7, 11) is 0. The predicted molar refractivity (Wildman–Crippen MR) is 78.9 cm³/mol. The van der Waals surface area contributed by atoms with Gasteiger partial charge in [0.05, 0.1) is 5.60 Å². The molecule has 0 spiro atoms. The van der Waals surface area contributed by atoms with Gasteiger partial charge in [0, 0.05) is 12.2 Å². The van der Waals surface area contributed by atoms with Gasteiger partial charge in [0.15, 0.2) is 5.65 Å². The fraction of sp³-hybridized carbons (Fsp3) is 0.600. The van der Waals surface area contributed by atoms with Crippen molar-refractivity contribution in [1.29, 1.82) is 0 Å². The van der Waals surface area contributed by atoms with Crippen LogP contribution in [0.3, 0.4) is 0 Å². The molecule has 0 radical (unpaired) electrons. The lowest BCUT2D eigenvalue weighted by Crippen LogP contribution is -2.36.